The fourth-order valence-corrected chi connectivity index (χ4v) is 4.84. The van der Waals surface area contributed by atoms with Gasteiger partial charge in [0.1, 0.15) is 11.7 Å². The molecule has 0 saturated heterocycles. The first kappa shape index (κ1) is 32.1. The van der Waals surface area contributed by atoms with Crippen molar-refractivity contribution in [3.05, 3.63) is 84.7 Å². The number of hydrogen-bond acceptors (Lipinski definition) is 7. The first-order valence-electron chi connectivity index (χ1n) is 14.7. The summed E-state index contributed by atoms with van der Waals surface area (Å²) >= 11 is 0. The molecule has 0 radical (unpaired) electrons. The van der Waals surface area contributed by atoms with Gasteiger partial charge in [0.15, 0.2) is 6.23 Å². The van der Waals surface area contributed by atoms with Gasteiger partial charge in [-0.1, -0.05) is 50.6 Å². The van der Waals surface area contributed by atoms with E-state index in [4.69, 9.17) is 15.5 Å². The summed E-state index contributed by atoms with van der Waals surface area (Å²) in [5.74, 6) is -0.600. The predicted octanol–water partition coefficient (Wildman–Crippen LogP) is 5.76. The highest BCUT2D eigenvalue weighted by molar-refractivity contribution is 6.01. The third-order valence-electron chi connectivity index (χ3n) is 7.81. The first-order chi connectivity index (χ1) is 21.0. The number of carbonyl (C=O) groups is 2. The summed E-state index contributed by atoms with van der Waals surface area (Å²) in [6, 6.07) is 18.6. The van der Waals surface area contributed by atoms with Gasteiger partial charge in [0.2, 0.25) is 5.91 Å². The van der Waals surface area contributed by atoms with Gasteiger partial charge in [0.05, 0.1) is 11.6 Å². The molecule has 0 bridgehead atoms. The van der Waals surface area contributed by atoms with Gasteiger partial charge < -0.3 is 20.3 Å². The van der Waals surface area contributed by atoms with E-state index in [1.807, 2.05) is 98.2 Å². The van der Waals surface area contributed by atoms with Crippen LogP contribution in [0.3, 0.4) is 0 Å². The average Bonchev–Trinajstić information content (AvgIpc) is 3.42. The van der Waals surface area contributed by atoms with E-state index in [0.29, 0.717) is 17.8 Å². The van der Waals surface area contributed by atoms with Gasteiger partial charge in [-0.3, -0.25) is 14.2 Å². The topological polar surface area (TPSA) is 117 Å². The SMILES string of the molecule is CCC(C)C(N)C(=O)O[C@@H](C)n1cc(-c2cccc(C#N)c2)c2cc(-c3cccc(N(C)C(=O)/C=C/CN(C)C)c3)cnc21. The molecule has 0 aliphatic rings. The molecule has 2 heterocycles. The van der Waals surface area contributed by atoms with Crippen molar-refractivity contribution in [3.8, 4) is 28.3 Å². The Hall–Kier alpha value is -4.78. The molecule has 4 rings (SSSR count). The van der Waals surface area contributed by atoms with Crippen molar-refractivity contribution in [1.82, 2.24) is 14.5 Å². The Balaban J connectivity index is 1.75. The first-order valence-corrected chi connectivity index (χ1v) is 14.7. The molecule has 1 amide bonds. The maximum atomic E-state index is 12.8. The summed E-state index contributed by atoms with van der Waals surface area (Å²) in [5, 5.41) is 10.4. The summed E-state index contributed by atoms with van der Waals surface area (Å²) in [7, 11) is 5.64. The summed E-state index contributed by atoms with van der Waals surface area (Å²) < 4.78 is 7.62. The molecule has 4 aromatic rings. The fourth-order valence-electron chi connectivity index (χ4n) is 4.84. The Bertz CT molecular complexity index is 1720. The molecule has 9 nitrogen and oxygen atoms in total. The van der Waals surface area contributed by atoms with Crippen molar-refractivity contribution >= 4 is 28.6 Å². The molecule has 0 aliphatic heterocycles. The number of nitrogens with two attached hydrogens (primary N) is 1. The number of esters is 1. The van der Waals surface area contributed by atoms with E-state index in [-0.39, 0.29) is 11.8 Å². The van der Waals surface area contributed by atoms with E-state index in [0.717, 1.165) is 39.7 Å². The number of nitriles is 1. The number of nitrogens with zero attached hydrogens (tertiary/aromatic N) is 5. The van der Waals surface area contributed by atoms with Crippen molar-refractivity contribution < 1.29 is 14.3 Å². The highest BCUT2D eigenvalue weighted by Gasteiger charge is 2.25. The molecule has 2 N–H and O–H groups in total. The van der Waals surface area contributed by atoms with E-state index in [2.05, 4.69) is 6.07 Å². The van der Waals surface area contributed by atoms with Crippen LogP contribution in [0.15, 0.2) is 79.1 Å². The second kappa shape index (κ2) is 14.1. The molecule has 3 atom stereocenters. The van der Waals surface area contributed by atoms with Crippen molar-refractivity contribution in [1.29, 1.82) is 5.26 Å². The normalized spacial score (nSPS) is 13.5. The largest absolute Gasteiger partial charge is 0.440 e. The smallest absolute Gasteiger partial charge is 0.325 e. The number of rotatable bonds is 11. The van der Waals surface area contributed by atoms with Gasteiger partial charge in [-0.25, -0.2) is 4.98 Å². The average molecular weight is 593 g/mol. The van der Waals surface area contributed by atoms with Gasteiger partial charge in [-0.15, -0.1) is 0 Å². The maximum absolute atomic E-state index is 12.8. The van der Waals surface area contributed by atoms with Gasteiger partial charge in [-0.2, -0.15) is 5.26 Å². The predicted molar refractivity (Wildman–Crippen MR) is 175 cm³/mol. The summed E-state index contributed by atoms with van der Waals surface area (Å²) in [4.78, 5) is 34.0. The zero-order chi connectivity index (χ0) is 32.0. The number of benzene rings is 2. The highest BCUT2D eigenvalue weighted by atomic mass is 16.6. The van der Waals surface area contributed by atoms with Gasteiger partial charge in [0.25, 0.3) is 0 Å². The van der Waals surface area contributed by atoms with E-state index < -0.39 is 18.2 Å². The number of likely N-dealkylation sites (N-methyl/N-ethyl adjacent to an activating group) is 2. The highest BCUT2D eigenvalue weighted by Crippen LogP contribution is 2.35. The summed E-state index contributed by atoms with van der Waals surface area (Å²) in [6.45, 7) is 6.37. The number of fused-ring (bicyclic) bond motifs is 1. The lowest BCUT2D eigenvalue weighted by Crippen LogP contribution is -2.38. The van der Waals surface area contributed by atoms with Crippen LogP contribution in [-0.4, -0.2) is 60.1 Å². The van der Waals surface area contributed by atoms with E-state index >= 15 is 0 Å². The van der Waals surface area contributed by atoms with Crippen molar-refractivity contribution in [2.45, 2.75) is 39.5 Å². The van der Waals surface area contributed by atoms with Crippen molar-refractivity contribution in [2.24, 2.45) is 11.7 Å². The van der Waals surface area contributed by atoms with Crippen molar-refractivity contribution in [2.75, 3.05) is 32.6 Å². The molecule has 228 valence electrons. The Kier molecular flexibility index (Phi) is 10.3. The lowest BCUT2D eigenvalue weighted by atomic mass is 10.0. The summed E-state index contributed by atoms with van der Waals surface area (Å²) in [6.07, 6.45) is 7.17. The van der Waals surface area contributed by atoms with E-state index in [1.54, 1.807) is 37.2 Å². The van der Waals surface area contributed by atoms with Gasteiger partial charge in [0, 0.05) is 54.3 Å². The fraction of sp³-hybridized carbons (Fsp3) is 0.314. The lowest BCUT2D eigenvalue weighted by Gasteiger charge is -2.21. The number of ether oxygens (including phenoxy) is 1. The zero-order valence-corrected chi connectivity index (χ0v) is 26.2. The van der Waals surface area contributed by atoms with Crippen LogP contribution in [0.4, 0.5) is 5.69 Å². The Labute approximate surface area is 259 Å². The van der Waals surface area contributed by atoms with Crippen LogP contribution in [-0.2, 0) is 14.3 Å². The second-order valence-electron chi connectivity index (χ2n) is 11.3. The molecule has 0 fully saturated rings. The molecule has 44 heavy (non-hydrogen) atoms. The summed E-state index contributed by atoms with van der Waals surface area (Å²) in [5.41, 5.74) is 11.5. The molecular weight excluding hydrogens is 552 g/mol. The minimum absolute atomic E-state index is 0.0137. The van der Waals surface area contributed by atoms with Gasteiger partial charge >= 0.3 is 5.97 Å². The van der Waals surface area contributed by atoms with Crippen LogP contribution in [0.1, 0.15) is 39.0 Å². The van der Waals surface area contributed by atoms with Gasteiger partial charge in [-0.05, 0) is 68.4 Å². The Morgan fingerprint density at radius 1 is 1.07 bits per heavy atom. The van der Waals surface area contributed by atoms with Crippen LogP contribution >= 0.6 is 0 Å². The van der Waals surface area contributed by atoms with Crippen LogP contribution in [0.2, 0.25) is 0 Å². The van der Waals surface area contributed by atoms with Crippen LogP contribution in [0.25, 0.3) is 33.3 Å². The molecule has 0 saturated carbocycles. The number of pyridine rings is 1. The monoisotopic (exact) mass is 592 g/mol. The molecule has 0 spiro atoms. The van der Waals surface area contributed by atoms with Crippen LogP contribution in [0.5, 0.6) is 0 Å². The maximum Gasteiger partial charge on any atom is 0.325 e. The van der Waals surface area contributed by atoms with Crippen molar-refractivity contribution in [3.63, 3.8) is 0 Å². The number of anilines is 1. The number of aromatic nitrogens is 2. The third kappa shape index (κ3) is 7.22. The minimum atomic E-state index is -0.726. The molecule has 2 unspecified atom stereocenters. The molecular formula is C35H40N6O3. The Morgan fingerprint density at radius 2 is 1.80 bits per heavy atom. The number of carbonyl (C=O) groups excluding carboxylic acids is 2. The number of amides is 1. The standard InChI is InChI=1S/C35H40N6O3/c1-7-23(2)33(37)35(43)44-24(3)41-22-31(27-13-8-11-25(17-27)20-36)30-19-28(21-38-34(30)41)26-12-9-14-29(18-26)40(6)32(42)15-10-16-39(4)5/h8-15,17-19,21-24,33H,7,16,37H2,1-6H3/b15-10+/t23?,24-,33?/m0/s1. The quantitative estimate of drug-likeness (QED) is 0.174. The van der Waals surface area contributed by atoms with E-state index in [9.17, 15) is 14.9 Å². The molecule has 9 heteroatoms. The lowest BCUT2D eigenvalue weighted by molar-refractivity contribution is -0.155. The Morgan fingerprint density at radius 3 is 2.50 bits per heavy atom. The second-order valence-corrected chi connectivity index (χ2v) is 11.3. The third-order valence-corrected chi connectivity index (χ3v) is 7.81. The molecule has 2 aromatic carbocycles. The molecule has 2 aromatic heterocycles. The van der Waals surface area contributed by atoms with Crippen LogP contribution < -0.4 is 10.6 Å². The van der Waals surface area contributed by atoms with E-state index in [1.165, 1.54) is 0 Å². The van der Waals surface area contributed by atoms with Crippen LogP contribution in [0, 0.1) is 17.2 Å². The molecule has 0 aliphatic carbocycles. The number of hydrogen-bond donors (Lipinski definition) is 1. The minimum Gasteiger partial charge on any atom is -0.440 e. The zero-order valence-electron chi connectivity index (χ0n) is 26.2.